The fraction of sp³-hybridized carbons (Fsp3) is 0.667. The maximum atomic E-state index is 5.73. The van der Waals surface area contributed by atoms with E-state index in [1.807, 2.05) is 0 Å². The Morgan fingerprint density at radius 1 is 1.27 bits per heavy atom. The summed E-state index contributed by atoms with van der Waals surface area (Å²) in [5, 5.41) is 1.21. The Labute approximate surface area is 172 Å². The predicted octanol–water partition coefficient (Wildman–Crippen LogP) is 4.05. The standard InChI is InChI=1S/C18H28N4OS.2ClH/c1-12-13(2)24-18-16(12)17(20-15(21-18)8-9-19)22(3)10-4-6-14-7-5-11-23-14;;/h14H,4-11,19H2,1-3H3;2*1H. The molecule has 148 valence electrons. The van der Waals surface area contributed by atoms with E-state index in [1.165, 1.54) is 28.7 Å². The molecule has 2 N–H and O–H groups in total. The number of fused-ring (bicyclic) bond motifs is 1. The number of aromatic nitrogens is 2. The molecule has 2 aromatic heterocycles. The molecule has 0 radical (unpaired) electrons. The van der Waals surface area contributed by atoms with Gasteiger partial charge in [-0.15, -0.1) is 36.2 Å². The van der Waals surface area contributed by atoms with Crippen molar-refractivity contribution >= 4 is 52.2 Å². The molecule has 8 heteroatoms. The topological polar surface area (TPSA) is 64.3 Å². The van der Waals surface area contributed by atoms with E-state index in [0.717, 1.165) is 48.9 Å². The summed E-state index contributed by atoms with van der Waals surface area (Å²) in [5.74, 6) is 1.91. The summed E-state index contributed by atoms with van der Waals surface area (Å²) in [6.07, 6.45) is 5.87. The molecule has 3 heterocycles. The molecular weight excluding hydrogens is 391 g/mol. The molecule has 2 aromatic rings. The summed E-state index contributed by atoms with van der Waals surface area (Å²) in [4.78, 5) is 14.2. The molecule has 3 rings (SSSR count). The smallest absolute Gasteiger partial charge is 0.141 e. The number of hydrogen-bond donors (Lipinski definition) is 1. The quantitative estimate of drug-likeness (QED) is 0.731. The predicted molar refractivity (Wildman–Crippen MR) is 116 cm³/mol. The highest BCUT2D eigenvalue weighted by atomic mass is 35.5. The van der Waals surface area contributed by atoms with Gasteiger partial charge in [0.25, 0.3) is 0 Å². The summed E-state index contributed by atoms with van der Waals surface area (Å²) < 4.78 is 5.73. The molecule has 0 bridgehead atoms. The van der Waals surface area contributed by atoms with E-state index in [4.69, 9.17) is 20.4 Å². The van der Waals surface area contributed by atoms with E-state index < -0.39 is 0 Å². The largest absolute Gasteiger partial charge is 0.378 e. The van der Waals surface area contributed by atoms with Gasteiger partial charge in [-0.3, -0.25) is 0 Å². The lowest BCUT2D eigenvalue weighted by molar-refractivity contribution is 0.103. The molecule has 26 heavy (non-hydrogen) atoms. The van der Waals surface area contributed by atoms with Crippen molar-refractivity contribution in [2.75, 3.05) is 31.6 Å². The number of ether oxygens (including phenoxy) is 1. The first-order valence-electron chi connectivity index (χ1n) is 8.89. The van der Waals surface area contributed by atoms with E-state index in [0.29, 0.717) is 12.6 Å². The molecule has 1 aliphatic rings. The Morgan fingerprint density at radius 3 is 2.69 bits per heavy atom. The molecule has 1 unspecified atom stereocenters. The lowest BCUT2D eigenvalue weighted by atomic mass is 10.1. The van der Waals surface area contributed by atoms with E-state index in [2.05, 4.69) is 25.8 Å². The van der Waals surface area contributed by atoms with Gasteiger partial charge in [-0.25, -0.2) is 9.97 Å². The van der Waals surface area contributed by atoms with Gasteiger partial charge in [-0.1, -0.05) is 0 Å². The summed E-state index contributed by atoms with van der Waals surface area (Å²) in [5.41, 5.74) is 7.01. The molecule has 0 amide bonds. The van der Waals surface area contributed by atoms with Crippen molar-refractivity contribution in [1.29, 1.82) is 0 Å². The number of anilines is 1. The van der Waals surface area contributed by atoms with Gasteiger partial charge in [-0.05, 0) is 51.6 Å². The second kappa shape index (κ2) is 10.6. The highest BCUT2D eigenvalue weighted by Crippen LogP contribution is 2.34. The molecule has 0 aliphatic carbocycles. The fourth-order valence-electron chi connectivity index (χ4n) is 3.32. The van der Waals surface area contributed by atoms with Crippen LogP contribution in [0.5, 0.6) is 0 Å². The first-order valence-corrected chi connectivity index (χ1v) is 9.71. The first-order chi connectivity index (χ1) is 11.6. The second-order valence-corrected chi connectivity index (χ2v) is 7.87. The Morgan fingerprint density at radius 2 is 2.04 bits per heavy atom. The number of hydrogen-bond acceptors (Lipinski definition) is 6. The fourth-order valence-corrected chi connectivity index (χ4v) is 4.37. The zero-order valence-corrected chi connectivity index (χ0v) is 18.2. The van der Waals surface area contributed by atoms with Gasteiger partial charge in [0.15, 0.2) is 0 Å². The monoisotopic (exact) mass is 420 g/mol. The summed E-state index contributed by atoms with van der Waals surface area (Å²) >= 11 is 1.76. The van der Waals surface area contributed by atoms with Crippen LogP contribution in [0.15, 0.2) is 0 Å². The van der Waals surface area contributed by atoms with E-state index >= 15 is 0 Å². The highest BCUT2D eigenvalue weighted by Gasteiger charge is 2.18. The van der Waals surface area contributed by atoms with E-state index in [-0.39, 0.29) is 24.8 Å². The molecular formula is C18H30Cl2N4OS. The summed E-state index contributed by atoms with van der Waals surface area (Å²) in [6, 6.07) is 0. The molecule has 1 atom stereocenters. The van der Waals surface area contributed by atoms with Gasteiger partial charge in [-0.2, -0.15) is 0 Å². The SMILES string of the molecule is Cc1sc2nc(CCN)nc(N(C)CCCC3CCCO3)c2c1C.Cl.Cl. The highest BCUT2D eigenvalue weighted by molar-refractivity contribution is 7.18. The molecule has 0 aromatic carbocycles. The third-order valence-corrected chi connectivity index (χ3v) is 5.93. The molecule has 1 saturated heterocycles. The maximum Gasteiger partial charge on any atom is 0.141 e. The number of thiophene rings is 1. The van der Waals surface area contributed by atoms with Crippen LogP contribution in [0.4, 0.5) is 5.82 Å². The van der Waals surface area contributed by atoms with Crippen LogP contribution in [0.3, 0.4) is 0 Å². The third kappa shape index (κ3) is 5.20. The van der Waals surface area contributed by atoms with Gasteiger partial charge >= 0.3 is 0 Å². The van der Waals surface area contributed by atoms with Crippen molar-refractivity contribution in [3.05, 3.63) is 16.3 Å². The Bertz CT molecular complexity index is 704. The molecule has 5 nitrogen and oxygen atoms in total. The van der Waals surface area contributed by atoms with Gasteiger partial charge in [0.2, 0.25) is 0 Å². The van der Waals surface area contributed by atoms with Crippen molar-refractivity contribution in [1.82, 2.24) is 9.97 Å². The number of nitrogens with zero attached hydrogens (tertiary/aromatic N) is 3. The molecule has 1 aliphatic heterocycles. The van der Waals surface area contributed by atoms with Crippen LogP contribution in [0.2, 0.25) is 0 Å². The summed E-state index contributed by atoms with van der Waals surface area (Å²) in [6.45, 7) is 6.83. The first kappa shape index (κ1) is 23.4. The van der Waals surface area contributed by atoms with Crippen LogP contribution >= 0.6 is 36.2 Å². The third-order valence-electron chi connectivity index (χ3n) is 4.83. The Kier molecular flexibility index (Phi) is 9.55. The van der Waals surface area contributed by atoms with Crippen LogP contribution in [-0.2, 0) is 11.2 Å². The van der Waals surface area contributed by atoms with Crippen LogP contribution in [-0.4, -0.2) is 42.8 Å². The van der Waals surface area contributed by atoms with Crippen molar-refractivity contribution in [2.24, 2.45) is 5.73 Å². The van der Waals surface area contributed by atoms with Gasteiger partial charge < -0.3 is 15.4 Å². The Hall–Kier alpha value is -0.660. The van der Waals surface area contributed by atoms with Crippen molar-refractivity contribution in [2.45, 2.75) is 52.1 Å². The summed E-state index contributed by atoms with van der Waals surface area (Å²) in [7, 11) is 2.13. The molecule has 1 fully saturated rings. The van der Waals surface area contributed by atoms with Crippen molar-refractivity contribution < 1.29 is 4.74 Å². The zero-order valence-electron chi connectivity index (χ0n) is 15.8. The number of nitrogens with two attached hydrogens (primary N) is 1. The number of rotatable bonds is 7. The van der Waals surface area contributed by atoms with Crippen molar-refractivity contribution in [3.63, 3.8) is 0 Å². The van der Waals surface area contributed by atoms with Gasteiger partial charge in [0, 0.05) is 31.5 Å². The zero-order chi connectivity index (χ0) is 17.1. The number of halogens is 2. The van der Waals surface area contributed by atoms with Gasteiger partial charge in [0.1, 0.15) is 16.5 Å². The minimum atomic E-state index is 0. The number of aryl methyl sites for hydroxylation is 2. The Balaban J connectivity index is 0.00000169. The van der Waals surface area contributed by atoms with Crippen LogP contribution in [0.25, 0.3) is 10.2 Å². The van der Waals surface area contributed by atoms with E-state index in [1.54, 1.807) is 11.3 Å². The normalized spacial score (nSPS) is 16.4. The van der Waals surface area contributed by atoms with E-state index in [9.17, 15) is 0 Å². The van der Waals surface area contributed by atoms with Crippen LogP contribution < -0.4 is 10.6 Å². The van der Waals surface area contributed by atoms with Crippen molar-refractivity contribution in [3.8, 4) is 0 Å². The minimum absolute atomic E-state index is 0. The maximum absolute atomic E-state index is 5.73. The lowest BCUT2D eigenvalue weighted by Gasteiger charge is -2.21. The second-order valence-electron chi connectivity index (χ2n) is 6.66. The lowest BCUT2D eigenvalue weighted by Crippen LogP contribution is -2.22. The van der Waals surface area contributed by atoms with Gasteiger partial charge in [0.05, 0.1) is 11.5 Å². The minimum Gasteiger partial charge on any atom is -0.378 e. The average Bonchev–Trinajstić information content (AvgIpc) is 3.16. The van der Waals surface area contributed by atoms with Crippen LogP contribution in [0.1, 0.15) is 41.9 Å². The molecule has 0 saturated carbocycles. The molecule has 0 spiro atoms. The van der Waals surface area contributed by atoms with Crippen LogP contribution in [0, 0.1) is 13.8 Å². The average molecular weight is 421 g/mol.